The minimum absolute atomic E-state index is 0.108. The summed E-state index contributed by atoms with van der Waals surface area (Å²) >= 11 is 1.71. The van der Waals surface area contributed by atoms with Crippen LogP contribution in [-0.4, -0.2) is 34.1 Å². The standard InChI is InChI=1S/C15H20N4OS/c1-9(8-11-4-3-7-21-11)19(2)15(20)14-12(16)13(17-18-14)10-5-6-10/h3-4,7,9-10H,5-6,8,16H2,1-2H3,(H,17,18). The molecule has 0 bridgehead atoms. The third kappa shape index (κ3) is 2.81. The Labute approximate surface area is 128 Å². The number of carbonyl (C=O) groups is 1. The van der Waals surface area contributed by atoms with E-state index >= 15 is 0 Å². The summed E-state index contributed by atoms with van der Waals surface area (Å²) in [4.78, 5) is 15.6. The Morgan fingerprint density at radius 2 is 2.38 bits per heavy atom. The van der Waals surface area contributed by atoms with Crippen molar-refractivity contribution in [1.29, 1.82) is 0 Å². The highest BCUT2D eigenvalue weighted by atomic mass is 32.1. The van der Waals surface area contributed by atoms with Gasteiger partial charge in [0.2, 0.25) is 0 Å². The van der Waals surface area contributed by atoms with E-state index in [0.717, 1.165) is 25.0 Å². The number of nitrogens with one attached hydrogen (secondary N) is 1. The number of amides is 1. The molecule has 0 saturated heterocycles. The molecule has 0 spiro atoms. The molecule has 3 rings (SSSR count). The maximum atomic E-state index is 12.6. The molecule has 0 aromatic carbocycles. The van der Waals surface area contributed by atoms with E-state index in [1.54, 1.807) is 16.2 Å². The highest BCUT2D eigenvalue weighted by molar-refractivity contribution is 7.09. The van der Waals surface area contributed by atoms with Crippen molar-refractivity contribution in [2.24, 2.45) is 0 Å². The summed E-state index contributed by atoms with van der Waals surface area (Å²) in [6, 6.07) is 4.23. The number of carbonyl (C=O) groups excluding carboxylic acids is 1. The lowest BCUT2D eigenvalue weighted by Gasteiger charge is -2.24. The predicted octanol–water partition coefficient (Wildman–Crippen LogP) is 2.63. The van der Waals surface area contributed by atoms with Gasteiger partial charge in [0.15, 0.2) is 5.69 Å². The minimum atomic E-state index is -0.111. The first-order valence-electron chi connectivity index (χ1n) is 7.21. The number of hydrogen-bond donors (Lipinski definition) is 2. The maximum absolute atomic E-state index is 12.6. The Bertz CT molecular complexity index is 630. The molecule has 2 aromatic rings. The van der Waals surface area contributed by atoms with Gasteiger partial charge in [-0.05, 0) is 31.2 Å². The highest BCUT2D eigenvalue weighted by Gasteiger charge is 2.31. The Morgan fingerprint density at radius 3 is 3.00 bits per heavy atom. The van der Waals surface area contributed by atoms with Gasteiger partial charge >= 0.3 is 0 Å². The lowest BCUT2D eigenvalue weighted by molar-refractivity contribution is 0.0739. The van der Waals surface area contributed by atoms with Gasteiger partial charge in [0.1, 0.15) is 0 Å². The number of nitrogen functional groups attached to an aromatic ring is 1. The number of hydrogen-bond acceptors (Lipinski definition) is 4. The minimum Gasteiger partial charge on any atom is -0.395 e. The average Bonchev–Trinajstić information content (AvgIpc) is 3.04. The predicted molar refractivity (Wildman–Crippen MR) is 84.6 cm³/mol. The first-order valence-corrected chi connectivity index (χ1v) is 8.09. The number of aromatic amines is 1. The van der Waals surface area contributed by atoms with Crippen LogP contribution in [0.15, 0.2) is 17.5 Å². The van der Waals surface area contributed by atoms with E-state index in [-0.39, 0.29) is 11.9 Å². The van der Waals surface area contributed by atoms with Crippen molar-refractivity contribution in [1.82, 2.24) is 15.1 Å². The smallest absolute Gasteiger partial charge is 0.276 e. The van der Waals surface area contributed by atoms with Crippen molar-refractivity contribution >= 4 is 22.9 Å². The topological polar surface area (TPSA) is 75.0 Å². The van der Waals surface area contributed by atoms with Gasteiger partial charge in [0, 0.05) is 30.3 Å². The van der Waals surface area contributed by atoms with E-state index in [9.17, 15) is 4.79 Å². The van der Waals surface area contributed by atoms with Crippen molar-refractivity contribution in [3.05, 3.63) is 33.8 Å². The Balaban J connectivity index is 1.71. The fourth-order valence-corrected chi connectivity index (χ4v) is 3.26. The zero-order chi connectivity index (χ0) is 15.0. The maximum Gasteiger partial charge on any atom is 0.276 e. The van der Waals surface area contributed by atoms with Gasteiger partial charge in [-0.2, -0.15) is 5.10 Å². The summed E-state index contributed by atoms with van der Waals surface area (Å²) in [6.07, 6.45) is 3.11. The molecule has 2 aromatic heterocycles. The molecule has 1 unspecified atom stereocenters. The zero-order valence-corrected chi connectivity index (χ0v) is 13.1. The van der Waals surface area contributed by atoms with Gasteiger partial charge in [-0.25, -0.2) is 0 Å². The van der Waals surface area contributed by atoms with Crippen molar-refractivity contribution < 1.29 is 4.79 Å². The Morgan fingerprint density at radius 1 is 1.62 bits per heavy atom. The van der Waals surface area contributed by atoms with Crippen molar-refractivity contribution in [2.45, 2.75) is 38.1 Å². The highest BCUT2D eigenvalue weighted by Crippen LogP contribution is 2.42. The third-order valence-electron chi connectivity index (χ3n) is 4.08. The monoisotopic (exact) mass is 304 g/mol. The van der Waals surface area contributed by atoms with Gasteiger partial charge in [0.25, 0.3) is 5.91 Å². The second-order valence-electron chi connectivity index (χ2n) is 5.72. The Hall–Kier alpha value is -1.82. The van der Waals surface area contributed by atoms with E-state index in [2.05, 4.69) is 21.6 Å². The fourth-order valence-electron chi connectivity index (χ4n) is 2.43. The van der Waals surface area contributed by atoms with Gasteiger partial charge in [-0.3, -0.25) is 9.89 Å². The molecule has 1 aliphatic carbocycles. The van der Waals surface area contributed by atoms with E-state index < -0.39 is 0 Å². The zero-order valence-electron chi connectivity index (χ0n) is 12.3. The van der Waals surface area contributed by atoms with E-state index in [4.69, 9.17) is 5.73 Å². The molecule has 1 atom stereocenters. The number of aromatic nitrogens is 2. The fraction of sp³-hybridized carbons (Fsp3) is 0.467. The van der Waals surface area contributed by atoms with Gasteiger partial charge in [-0.1, -0.05) is 6.07 Å². The lowest BCUT2D eigenvalue weighted by Crippen LogP contribution is -2.36. The summed E-state index contributed by atoms with van der Waals surface area (Å²) in [7, 11) is 1.81. The van der Waals surface area contributed by atoms with Crippen LogP contribution >= 0.6 is 11.3 Å². The largest absolute Gasteiger partial charge is 0.395 e. The number of rotatable bonds is 5. The molecule has 1 aliphatic rings. The molecule has 5 nitrogen and oxygen atoms in total. The number of likely N-dealkylation sites (N-methyl/N-ethyl adjacent to an activating group) is 1. The quantitative estimate of drug-likeness (QED) is 0.891. The van der Waals surface area contributed by atoms with E-state index in [0.29, 0.717) is 17.3 Å². The molecule has 0 radical (unpaired) electrons. The lowest BCUT2D eigenvalue weighted by atomic mass is 10.1. The summed E-state index contributed by atoms with van der Waals surface area (Å²) in [5.41, 5.74) is 7.89. The molecule has 6 heteroatoms. The summed E-state index contributed by atoms with van der Waals surface area (Å²) in [5, 5.41) is 9.13. The number of nitrogens with zero attached hydrogens (tertiary/aromatic N) is 2. The number of thiophene rings is 1. The van der Waals surface area contributed by atoms with Crippen molar-refractivity contribution in [3.8, 4) is 0 Å². The van der Waals surface area contributed by atoms with Crippen molar-refractivity contribution in [3.63, 3.8) is 0 Å². The molecular formula is C15H20N4OS. The molecule has 0 aliphatic heterocycles. The van der Waals surface area contributed by atoms with Gasteiger partial charge in [0.05, 0.1) is 11.4 Å². The van der Waals surface area contributed by atoms with Gasteiger partial charge in [-0.15, -0.1) is 11.3 Å². The number of nitrogens with two attached hydrogens (primary N) is 1. The first-order chi connectivity index (χ1) is 10.1. The molecule has 1 amide bonds. The second kappa shape index (κ2) is 5.52. The number of anilines is 1. The van der Waals surface area contributed by atoms with Crippen LogP contribution in [0.5, 0.6) is 0 Å². The van der Waals surface area contributed by atoms with Crippen LogP contribution in [0.2, 0.25) is 0 Å². The van der Waals surface area contributed by atoms with Gasteiger partial charge < -0.3 is 10.6 Å². The number of H-pyrrole nitrogens is 1. The van der Waals surface area contributed by atoms with Crippen LogP contribution in [-0.2, 0) is 6.42 Å². The first kappa shape index (κ1) is 14.1. The molecule has 3 N–H and O–H groups in total. The Kier molecular flexibility index (Phi) is 3.71. The third-order valence-corrected chi connectivity index (χ3v) is 4.98. The van der Waals surface area contributed by atoms with Crippen LogP contribution in [0.25, 0.3) is 0 Å². The molecule has 112 valence electrons. The van der Waals surface area contributed by atoms with Crippen LogP contribution in [0, 0.1) is 0 Å². The van der Waals surface area contributed by atoms with Crippen molar-refractivity contribution in [2.75, 3.05) is 12.8 Å². The average molecular weight is 304 g/mol. The SMILES string of the molecule is CC(Cc1cccs1)N(C)C(=O)c1n[nH]c(C2CC2)c1N. The summed E-state index contributed by atoms with van der Waals surface area (Å²) in [6.45, 7) is 2.04. The van der Waals surface area contributed by atoms with Crippen LogP contribution < -0.4 is 5.73 Å². The molecular weight excluding hydrogens is 284 g/mol. The van der Waals surface area contributed by atoms with Crippen LogP contribution in [0.1, 0.15) is 46.7 Å². The summed E-state index contributed by atoms with van der Waals surface area (Å²) in [5.74, 6) is 0.354. The van der Waals surface area contributed by atoms with Crippen LogP contribution in [0.4, 0.5) is 5.69 Å². The normalized spacial score (nSPS) is 15.9. The molecule has 2 heterocycles. The van der Waals surface area contributed by atoms with E-state index in [1.807, 2.05) is 20.0 Å². The van der Waals surface area contributed by atoms with E-state index in [1.165, 1.54) is 4.88 Å². The molecule has 1 saturated carbocycles. The summed E-state index contributed by atoms with van der Waals surface area (Å²) < 4.78 is 0. The second-order valence-corrected chi connectivity index (χ2v) is 6.75. The molecule has 21 heavy (non-hydrogen) atoms. The van der Waals surface area contributed by atoms with Crippen LogP contribution in [0.3, 0.4) is 0 Å². The molecule has 1 fully saturated rings.